The van der Waals surface area contributed by atoms with Crippen molar-refractivity contribution in [2.45, 2.75) is 6.92 Å². The average Bonchev–Trinajstić information content (AvgIpc) is 2.25. The maximum Gasteiger partial charge on any atom is 0.185 e. The number of hydrogen-bond donors (Lipinski definition) is 1. The molecular weight excluding hydrogens is 198 g/mol. The molecule has 2 nitrogen and oxygen atoms in total. The van der Waals surface area contributed by atoms with Crippen LogP contribution in [0.4, 0.5) is 14.5 Å². The predicted octanol–water partition coefficient (Wildman–Crippen LogP) is 2.94. The van der Waals surface area contributed by atoms with Gasteiger partial charge in [0.05, 0.1) is 0 Å². The molecule has 1 aromatic heterocycles. The molecule has 1 heterocycles. The monoisotopic (exact) mass is 208 g/mol. The van der Waals surface area contributed by atoms with Crippen LogP contribution in [0.15, 0.2) is 24.4 Å². The maximum atomic E-state index is 13.4. The van der Waals surface area contributed by atoms with Crippen LogP contribution < -0.4 is 5.32 Å². The van der Waals surface area contributed by atoms with Crippen LogP contribution >= 0.6 is 0 Å². The van der Waals surface area contributed by atoms with Gasteiger partial charge in [-0.3, -0.25) is 4.98 Å². The first-order chi connectivity index (χ1) is 7.24. The van der Waals surface area contributed by atoms with Crippen molar-refractivity contribution in [2.75, 3.05) is 11.9 Å². The molecule has 0 bridgehead atoms. The third-order valence-corrected chi connectivity index (χ3v) is 2.17. The lowest BCUT2D eigenvalue weighted by Gasteiger charge is -2.07. The Kier molecular flexibility index (Phi) is 2.49. The second-order valence-electron chi connectivity index (χ2n) is 3.15. The average molecular weight is 208 g/mol. The number of fused-ring (bicyclic) bond motifs is 1. The first-order valence-corrected chi connectivity index (χ1v) is 4.70. The highest BCUT2D eigenvalue weighted by Crippen LogP contribution is 2.24. The maximum absolute atomic E-state index is 13.4. The van der Waals surface area contributed by atoms with Crippen LogP contribution in [-0.2, 0) is 0 Å². The van der Waals surface area contributed by atoms with E-state index in [1.54, 1.807) is 6.07 Å². The van der Waals surface area contributed by atoms with E-state index in [2.05, 4.69) is 10.3 Å². The van der Waals surface area contributed by atoms with E-state index in [1.165, 1.54) is 12.3 Å². The number of nitrogens with zero attached hydrogens (tertiary/aromatic N) is 1. The predicted molar refractivity (Wildman–Crippen MR) is 55.8 cm³/mol. The lowest BCUT2D eigenvalue weighted by Crippen LogP contribution is -1.99. The van der Waals surface area contributed by atoms with E-state index >= 15 is 0 Å². The van der Waals surface area contributed by atoms with Crippen LogP contribution in [0.1, 0.15) is 6.92 Å². The quantitative estimate of drug-likeness (QED) is 0.820. The van der Waals surface area contributed by atoms with Gasteiger partial charge in [-0.2, -0.15) is 0 Å². The van der Waals surface area contributed by atoms with Crippen molar-refractivity contribution in [3.8, 4) is 0 Å². The molecule has 0 aliphatic carbocycles. The minimum Gasteiger partial charge on any atom is -0.385 e. The molecule has 0 fully saturated rings. The summed E-state index contributed by atoms with van der Waals surface area (Å²) in [5, 5.41) is 3.66. The van der Waals surface area contributed by atoms with E-state index in [1.807, 2.05) is 6.92 Å². The Hall–Kier alpha value is -1.71. The molecular formula is C11H10F2N2. The molecule has 78 valence electrons. The topological polar surface area (TPSA) is 24.9 Å². The molecule has 1 N–H and O–H groups in total. The summed E-state index contributed by atoms with van der Waals surface area (Å²) in [6.07, 6.45) is 1.46. The Morgan fingerprint density at radius 3 is 2.80 bits per heavy atom. The van der Waals surface area contributed by atoms with Gasteiger partial charge in [-0.15, -0.1) is 0 Å². The zero-order valence-corrected chi connectivity index (χ0v) is 8.22. The minimum atomic E-state index is -0.896. The number of pyridine rings is 1. The summed E-state index contributed by atoms with van der Waals surface area (Å²) in [7, 11) is 0. The second kappa shape index (κ2) is 3.81. The SMILES string of the molecule is CCNc1ccnc2c(F)c(F)ccc12. The summed E-state index contributed by atoms with van der Waals surface area (Å²) in [6.45, 7) is 2.66. The van der Waals surface area contributed by atoms with Crippen LogP contribution in [0.3, 0.4) is 0 Å². The van der Waals surface area contributed by atoms with E-state index in [9.17, 15) is 8.78 Å². The number of anilines is 1. The molecule has 0 saturated heterocycles. The molecule has 0 radical (unpaired) electrons. The van der Waals surface area contributed by atoms with E-state index < -0.39 is 11.6 Å². The van der Waals surface area contributed by atoms with Crippen molar-refractivity contribution in [3.05, 3.63) is 36.0 Å². The standard InChI is InChI=1S/C11H10F2N2/c1-2-14-9-5-6-15-11-7(9)3-4-8(12)10(11)13/h3-6H,2H2,1H3,(H,14,15). The highest BCUT2D eigenvalue weighted by molar-refractivity contribution is 5.91. The van der Waals surface area contributed by atoms with Gasteiger partial charge in [0.25, 0.3) is 0 Å². The number of hydrogen-bond acceptors (Lipinski definition) is 2. The van der Waals surface area contributed by atoms with E-state index in [0.29, 0.717) is 5.39 Å². The normalized spacial score (nSPS) is 10.6. The Morgan fingerprint density at radius 1 is 1.27 bits per heavy atom. The van der Waals surface area contributed by atoms with Crippen molar-refractivity contribution in [1.82, 2.24) is 4.98 Å². The number of aromatic nitrogens is 1. The molecule has 4 heteroatoms. The van der Waals surface area contributed by atoms with Crippen LogP contribution in [0, 0.1) is 11.6 Å². The van der Waals surface area contributed by atoms with E-state index in [-0.39, 0.29) is 5.52 Å². The zero-order valence-electron chi connectivity index (χ0n) is 8.22. The molecule has 0 amide bonds. The minimum absolute atomic E-state index is 0.0634. The molecule has 0 unspecified atom stereocenters. The summed E-state index contributed by atoms with van der Waals surface area (Å²) in [4.78, 5) is 3.83. The van der Waals surface area contributed by atoms with Gasteiger partial charge in [0, 0.05) is 23.8 Å². The number of rotatable bonds is 2. The third-order valence-electron chi connectivity index (χ3n) is 2.17. The van der Waals surface area contributed by atoms with Gasteiger partial charge < -0.3 is 5.32 Å². The fraction of sp³-hybridized carbons (Fsp3) is 0.182. The van der Waals surface area contributed by atoms with Gasteiger partial charge in [0.15, 0.2) is 11.6 Å². The Balaban J connectivity index is 2.72. The van der Waals surface area contributed by atoms with Crippen LogP contribution in [0.25, 0.3) is 10.9 Å². The van der Waals surface area contributed by atoms with Crippen LogP contribution in [0.2, 0.25) is 0 Å². The van der Waals surface area contributed by atoms with Crippen LogP contribution in [-0.4, -0.2) is 11.5 Å². The molecule has 0 saturated carbocycles. The lowest BCUT2D eigenvalue weighted by atomic mass is 10.1. The van der Waals surface area contributed by atoms with Gasteiger partial charge in [-0.05, 0) is 25.1 Å². The summed E-state index contributed by atoms with van der Waals surface area (Å²) in [6, 6.07) is 4.38. The number of halogens is 2. The first-order valence-electron chi connectivity index (χ1n) is 4.70. The number of benzene rings is 1. The fourth-order valence-electron chi connectivity index (χ4n) is 1.50. The van der Waals surface area contributed by atoms with Crippen molar-refractivity contribution in [2.24, 2.45) is 0 Å². The molecule has 0 atom stereocenters. The summed E-state index contributed by atoms with van der Waals surface area (Å²) < 4.78 is 26.3. The fourth-order valence-corrected chi connectivity index (χ4v) is 1.50. The summed E-state index contributed by atoms with van der Waals surface area (Å²) in [5.74, 6) is -1.77. The summed E-state index contributed by atoms with van der Waals surface area (Å²) >= 11 is 0. The smallest absolute Gasteiger partial charge is 0.185 e. The van der Waals surface area contributed by atoms with Crippen molar-refractivity contribution in [1.29, 1.82) is 0 Å². The Labute approximate surface area is 85.9 Å². The van der Waals surface area contributed by atoms with E-state index in [4.69, 9.17) is 0 Å². The molecule has 1 aromatic carbocycles. The van der Waals surface area contributed by atoms with Gasteiger partial charge in [0.2, 0.25) is 0 Å². The first kappa shape index (κ1) is 9.83. The molecule has 15 heavy (non-hydrogen) atoms. The number of nitrogens with one attached hydrogen (secondary N) is 1. The largest absolute Gasteiger partial charge is 0.385 e. The lowest BCUT2D eigenvalue weighted by molar-refractivity contribution is 0.515. The molecule has 2 aromatic rings. The van der Waals surface area contributed by atoms with Crippen molar-refractivity contribution < 1.29 is 8.78 Å². The van der Waals surface area contributed by atoms with Gasteiger partial charge >= 0.3 is 0 Å². The molecule has 0 aliphatic rings. The molecule has 0 spiro atoms. The van der Waals surface area contributed by atoms with Gasteiger partial charge in [-0.25, -0.2) is 8.78 Å². The highest BCUT2D eigenvalue weighted by atomic mass is 19.2. The second-order valence-corrected chi connectivity index (χ2v) is 3.15. The Bertz CT molecular complexity index is 497. The van der Waals surface area contributed by atoms with Crippen LogP contribution in [0.5, 0.6) is 0 Å². The zero-order chi connectivity index (χ0) is 10.8. The summed E-state index contributed by atoms with van der Waals surface area (Å²) in [5.41, 5.74) is 0.829. The Morgan fingerprint density at radius 2 is 2.07 bits per heavy atom. The van der Waals surface area contributed by atoms with Crippen molar-refractivity contribution in [3.63, 3.8) is 0 Å². The van der Waals surface area contributed by atoms with Gasteiger partial charge in [-0.1, -0.05) is 0 Å². The third kappa shape index (κ3) is 1.63. The van der Waals surface area contributed by atoms with Gasteiger partial charge in [0.1, 0.15) is 5.52 Å². The van der Waals surface area contributed by atoms with Crippen molar-refractivity contribution >= 4 is 16.6 Å². The van der Waals surface area contributed by atoms with E-state index in [0.717, 1.165) is 18.3 Å². The highest BCUT2D eigenvalue weighted by Gasteiger charge is 2.10. The molecule has 0 aliphatic heterocycles. The molecule has 2 rings (SSSR count).